The van der Waals surface area contributed by atoms with Gasteiger partial charge in [0.05, 0.1) is 23.0 Å². The lowest BCUT2D eigenvalue weighted by Gasteiger charge is -2.32. The van der Waals surface area contributed by atoms with Crippen molar-refractivity contribution >= 4 is 29.8 Å². The van der Waals surface area contributed by atoms with Crippen LogP contribution in [0.3, 0.4) is 0 Å². The van der Waals surface area contributed by atoms with Gasteiger partial charge in [-0.1, -0.05) is 6.07 Å². The Morgan fingerprint density at radius 1 is 1.09 bits per heavy atom. The van der Waals surface area contributed by atoms with E-state index >= 15 is 0 Å². The van der Waals surface area contributed by atoms with Crippen molar-refractivity contribution in [3.05, 3.63) is 59.5 Å². The van der Waals surface area contributed by atoms with E-state index in [1.807, 2.05) is 27.7 Å². The molecule has 0 bridgehead atoms. The molecule has 1 N–H and O–H groups in total. The predicted octanol–water partition coefficient (Wildman–Crippen LogP) is 4.21. The number of aryl methyl sites for hydroxylation is 1. The molecule has 3 aromatic rings. The van der Waals surface area contributed by atoms with Crippen LogP contribution in [0.15, 0.2) is 42.7 Å². The van der Waals surface area contributed by atoms with Gasteiger partial charge >= 0.3 is 13.3 Å². The molecule has 6 nitrogen and oxygen atoms in total. The summed E-state index contributed by atoms with van der Waals surface area (Å²) in [5.41, 5.74) is 0.225. The summed E-state index contributed by atoms with van der Waals surface area (Å²) < 4.78 is 52.8. The second-order valence-electron chi connectivity index (χ2n) is 8.90. The molecule has 1 saturated heterocycles. The molecular formula is C22H23BF3N3O3. The van der Waals surface area contributed by atoms with E-state index in [0.29, 0.717) is 11.2 Å². The number of pyridine rings is 1. The minimum Gasteiger partial charge on any atom is -0.399 e. The fourth-order valence-corrected chi connectivity index (χ4v) is 3.41. The molecule has 168 valence electrons. The van der Waals surface area contributed by atoms with E-state index in [4.69, 9.17) is 9.31 Å². The molecule has 2 aromatic heterocycles. The third-order valence-electron chi connectivity index (χ3n) is 6.11. The van der Waals surface area contributed by atoms with Gasteiger partial charge < -0.3 is 14.6 Å². The number of imidazole rings is 1. The van der Waals surface area contributed by atoms with E-state index in [2.05, 4.69) is 10.3 Å². The summed E-state index contributed by atoms with van der Waals surface area (Å²) in [7, 11) is -0.577. The van der Waals surface area contributed by atoms with E-state index in [-0.39, 0.29) is 11.4 Å². The van der Waals surface area contributed by atoms with Crippen LogP contribution in [-0.4, -0.2) is 33.6 Å². The molecule has 0 aliphatic carbocycles. The molecule has 10 heteroatoms. The average Bonchev–Trinajstić information content (AvgIpc) is 3.19. The summed E-state index contributed by atoms with van der Waals surface area (Å²) in [6, 6.07) is 6.75. The van der Waals surface area contributed by atoms with E-state index < -0.39 is 36.0 Å². The van der Waals surface area contributed by atoms with Crippen molar-refractivity contribution in [2.45, 2.75) is 52.0 Å². The topological polar surface area (TPSA) is 64.9 Å². The number of anilines is 1. The van der Waals surface area contributed by atoms with Crippen LogP contribution in [0.2, 0.25) is 0 Å². The molecule has 0 spiro atoms. The van der Waals surface area contributed by atoms with Crippen LogP contribution in [0, 0.1) is 6.92 Å². The Morgan fingerprint density at radius 2 is 1.75 bits per heavy atom. The summed E-state index contributed by atoms with van der Waals surface area (Å²) in [4.78, 5) is 17.1. The van der Waals surface area contributed by atoms with Crippen molar-refractivity contribution in [3.8, 4) is 0 Å². The highest BCUT2D eigenvalue weighted by molar-refractivity contribution is 6.62. The van der Waals surface area contributed by atoms with Gasteiger partial charge in [-0.15, -0.1) is 0 Å². The van der Waals surface area contributed by atoms with Crippen LogP contribution in [0.4, 0.5) is 18.9 Å². The van der Waals surface area contributed by atoms with Crippen LogP contribution >= 0.6 is 0 Å². The second-order valence-corrected chi connectivity index (χ2v) is 8.90. The van der Waals surface area contributed by atoms with Crippen molar-refractivity contribution in [2.24, 2.45) is 0 Å². The first-order valence-corrected chi connectivity index (χ1v) is 10.1. The van der Waals surface area contributed by atoms with Gasteiger partial charge in [0.2, 0.25) is 0 Å². The zero-order chi connectivity index (χ0) is 23.5. The molecule has 0 saturated carbocycles. The van der Waals surface area contributed by atoms with Gasteiger partial charge in [0.15, 0.2) is 0 Å². The molecule has 1 fully saturated rings. The Balaban J connectivity index is 1.60. The van der Waals surface area contributed by atoms with Crippen LogP contribution in [-0.2, 0) is 15.5 Å². The SMILES string of the molecule is Cc1ccc(C(F)(F)F)cc1NC(=O)c1cnc2cc(B3OC(C)(C)C(C)(C)O3)ccn12. The van der Waals surface area contributed by atoms with Gasteiger partial charge in [-0.3, -0.25) is 9.20 Å². The maximum absolute atomic E-state index is 13.0. The van der Waals surface area contributed by atoms with Crippen LogP contribution in [0.5, 0.6) is 0 Å². The van der Waals surface area contributed by atoms with Crippen molar-refractivity contribution in [2.75, 3.05) is 5.32 Å². The molecule has 0 unspecified atom stereocenters. The number of carbonyl (C=O) groups excluding carboxylic acids is 1. The number of nitrogens with zero attached hydrogens (tertiary/aromatic N) is 2. The Kier molecular flexibility index (Phi) is 5.13. The summed E-state index contributed by atoms with van der Waals surface area (Å²) >= 11 is 0. The normalized spacial score (nSPS) is 17.7. The van der Waals surface area contributed by atoms with Gasteiger partial charge in [0, 0.05) is 11.9 Å². The molecule has 32 heavy (non-hydrogen) atoms. The Labute approximate surface area is 183 Å². The van der Waals surface area contributed by atoms with Gasteiger partial charge in [-0.25, -0.2) is 4.98 Å². The van der Waals surface area contributed by atoms with E-state index in [1.54, 1.807) is 29.7 Å². The number of nitrogens with one attached hydrogen (secondary N) is 1. The predicted molar refractivity (Wildman–Crippen MR) is 115 cm³/mol. The number of carbonyl (C=O) groups is 1. The second kappa shape index (κ2) is 7.35. The molecule has 1 aliphatic rings. The minimum absolute atomic E-state index is 0.0913. The Bertz CT molecular complexity index is 1190. The molecule has 1 aromatic carbocycles. The lowest BCUT2D eigenvalue weighted by molar-refractivity contribution is -0.137. The fourth-order valence-electron chi connectivity index (χ4n) is 3.41. The lowest BCUT2D eigenvalue weighted by Crippen LogP contribution is -2.41. The highest BCUT2D eigenvalue weighted by Crippen LogP contribution is 2.36. The van der Waals surface area contributed by atoms with Gasteiger partial charge in [0.1, 0.15) is 11.3 Å². The Hall–Kier alpha value is -2.85. The number of fused-ring (bicyclic) bond motifs is 1. The maximum atomic E-state index is 13.0. The molecule has 0 atom stereocenters. The van der Waals surface area contributed by atoms with E-state index in [0.717, 1.165) is 17.6 Å². The lowest BCUT2D eigenvalue weighted by atomic mass is 9.80. The van der Waals surface area contributed by atoms with E-state index in [9.17, 15) is 18.0 Å². The summed E-state index contributed by atoms with van der Waals surface area (Å²) in [5.74, 6) is -0.566. The number of benzene rings is 1. The Morgan fingerprint density at radius 3 is 2.38 bits per heavy atom. The highest BCUT2D eigenvalue weighted by atomic mass is 19.4. The first-order chi connectivity index (χ1) is 14.8. The summed E-state index contributed by atoms with van der Waals surface area (Å²) in [6.07, 6.45) is -1.46. The number of amides is 1. The summed E-state index contributed by atoms with van der Waals surface area (Å²) in [5, 5.41) is 2.56. The zero-order valence-electron chi connectivity index (χ0n) is 18.4. The molecule has 1 amide bonds. The monoisotopic (exact) mass is 445 g/mol. The standard InChI is InChI=1S/C22H23BF3N3O3/c1-13-6-7-14(22(24,25)26)10-16(13)28-19(30)17-12-27-18-11-15(8-9-29(17)18)23-31-20(2,3)21(4,5)32-23/h6-12H,1-5H3,(H,28,30). The van der Waals surface area contributed by atoms with Gasteiger partial charge in [-0.2, -0.15) is 13.2 Å². The maximum Gasteiger partial charge on any atom is 0.495 e. The molecule has 0 radical (unpaired) electrons. The minimum atomic E-state index is -4.50. The molecule has 4 rings (SSSR count). The zero-order valence-corrected chi connectivity index (χ0v) is 18.4. The first kappa shape index (κ1) is 22.4. The molecular weight excluding hydrogens is 422 g/mol. The summed E-state index contributed by atoms with van der Waals surface area (Å²) in [6.45, 7) is 9.46. The fraction of sp³-hybridized carbons (Fsp3) is 0.364. The van der Waals surface area contributed by atoms with E-state index in [1.165, 1.54) is 12.3 Å². The average molecular weight is 445 g/mol. The number of rotatable bonds is 3. The quantitative estimate of drug-likeness (QED) is 0.614. The smallest absolute Gasteiger partial charge is 0.399 e. The van der Waals surface area contributed by atoms with Crippen LogP contribution in [0.1, 0.15) is 49.3 Å². The molecule has 1 aliphatic heterocycles. The van der Waals surface area contributed by atoms with Crippen molar-refractivity contribution in [1.82, 2.24) is 9.38 Å². The first-order valence-electron chi connectivity index (χ1n) is 10.1. The number of hydrogen-bond donors (Lipinski definition) is 1. The number of alkyl halides is 3. The number of hydrogen-bond acceptors (Lipinski definition) is 4. The van der Waals surface area contributed by atoms with Crippen molar-refractivity contribution < 1.29 is 27.3 Å². The van der Waals surface area contributed by atoms with Crippen molar-refractivity contribution in [1.29, 1.82) is 0 Å². The molecule has 3 heterocycles. The van der Waals surface area contributed by atoms with Crippen LogP contribution < -0.4 is 10.8 Å². The van der Waals surface area contributed by atoms with Crippen molar-refractivity contribution in [3.63, 3.8) is 0 Å². The number of halogens is 3. The van der Waals surface area contributed by atoms with Gasteiger partial charge in [0.25, 0.3) is 5.91 Å². The highest BCUT2D eigenvalue weighted by Gasteiger charge is 2.51. The third-order valence-corrected chi connectivity index (χ3v) is 6.11. The third kappa shape index (κ3) is 3.88. The van der Waals surface area contributed by atoms with Crippen LogP contribution in [0.25, 0.3) is 5.65 Å². The number of aromatic nitrogens is 2. The van der Waals surface area contributed by atoms with Gasteiger partial charge in [-0.05, 0) is 69.9 Å². The largest absolute Gasteiger partial charge is 0.495 e.